The van der Waals surface area contributed by atoms with Crippen molar-refractivity contribution in [2.75, 3.05) is 0 Å². The van der Waals surface area contributed by atoms with Crippen LogP contribution in [0.2, 0.25) is 0 Å². The van der Waals surface area contributed by atoms with Crippen molar-refractivity contribution in [2.24, 2.45) is 5.41 Å². The lowest BCUT2D eigenvalue weighted by Gasteiger charge is -2.20. The predicted molar refractivity (Wildman–Crippen MR) is 76.5 cm³/mol. The van der Waals surface area contributed by atoms with Crippen molar-refractivity contribution in [2.45, 2.75) is 27.2 Å². The minimum Gasteiger partial charge on any atom is -0.0619 e. The molecule has 0 aliphatic heterocycles. The van der Waals surface area contributed by atoms with Crippen molar-refractivity contribution in [3.8, 4) is 11.1 Å². The Kier molecular flexibility index (Phi) is 2.55. The van der Waals surface area contributed by atoms with Crippen LogP contribution in [0.4, 0.5) is 0 Å². The van der Waals surface area contributed by atoms with E-state index in [2.05, 4.69) is 69.7 Å². The van der Waals surface area contributed by atoms with Crippen LogP contribution < -0.4 is 0 Å². The standard InChI is InChI=1S/C18H18/c1-18(2,3)12-14-8-6-10-16-15-9-5-4-7-13(15)11-17(14)16/h4-10H,12H2,1-3H3. The van der Waals surface area contributed by atoms with E-state index < -0.39 is 0 Å². The number of rotatable bonds is 1. The van der Waals surface area contributed by atoms with Gasteiger partial charge in [-0.15, -0.1) is 0 Å². The van der Waals surface area contributed by atoms with Crippen LogP contribution in [0.25, 0.3) is 11.1 Å². The van der Waals surface area contributed by atoms with Gasteiger partial charge in [0, 0.05) is 0 Å². The SMILES string of the molecule is CC(C)(C)Cc1cccc2c1[C]c1ccccc1-2. The van der Waals surface area contributed by atoms with Crippen molar-refractivity contribution < 1.29 is 0 Å². The second-order valence-corrected chi connectivity index (χ2v) is 6.25. The van der Waals surface area contributed by atoms with Crippen LogP contribution in [0, 0.1) is 11.8 Å². The second kappa shape index (κ2) is 3.98. The zero-order valence-electron chi connectivity index (χ0n) is 11.2. The molecule has 90 valence electrons. The molecule has 3 rings (SSSR count). The van der Waals surface area contributed by atoms with Gasteiger partial charge in [-0.05, 0) is 39.7 Å². The highest BCUT2D eigenvalue weighted by Gasteiger charge is 2.23. The first-order valence-electron chi connectivity index (χ1n) is 6.53. The predicted octanol–water partition coefficient (Wildman–Crippen LogP) is 4.73. The van der Waals surface area contributed by atoms with Gasteiger partial charge in [0.1, 0.15) is 0 Å². The number of fused-ring (bicyclic) bond motifs is 3. The lowest BCUT2D eigenvalue weighted by Crippen LogP contribution is -2.10. The van der Waals surface area contributed by atoms with E-state index in [0.717, 1.165) is 6.42 Å². The van der Waals surface area contributed by atoms with Crippen LogP contribution in [0.5, 0.6) is 0 Å². The van der Waals surface area contributed by atoms with Crippen LogP contribution >= 0.6 is 0 Å². The molecular formula is C18H18. The average molecular weight is 234 g/mol. The monoisotopic (exact) mass is 234 g/mol. The van der Waals surface area contributed by atoms with E-state index in [9.17, 15) is 0 Å². The van der Waals surface area contributed by atoms with Gasteiger partial charge in [-0.3, -0.25) is 0 Å². The Hall–Kier alpha value is -1.56. The Balaban J connectivity index is 2.09. The summed E-state index contributed by atoms with van der Waals surface area (Å²) in [4.78, 5) is 0. The number of hydrogen-bond donors (Lipinski definition) is 0. The lowest BCUT2D eigenvalue weighted by atomic mass is 9.85. The quantitative estimate of drug-likeness (QED) is 0.571. The highest BCUT2D eigenvalue weighted by atomic mass is 14.3. The second-order valence-electron chi connectivity index (χ2n) is 6.25. The Labute approximate surface area is 110 Å². The lowest BCUT2D eigenvalue weighted by molar-refractivity contribution is 0.411. The summed E-state index contributed by atoms with van der Waals surface area (Å²) >= 11 is 0. The summed E-state index contributed by atoms with van der Waals surface area (Å²) in [5, 5.41) is 0. The molecule has 0 atom stereocenters. The molecule has 1 aliphatic rings. The van der Waals surface area contributed by atoms with Crippen molar-refractivity contribution in [3.05, 3.63) is 65.6 Å². The maximum atomic E-state index is 3.57. The first-order chi connectivity index (χ1) is 8.54. The topological polar surface area (TPSA) is 0 Å². The molecule has 0 unspecified atom stereocenters. The normalized spacial score (nSPS) is 13.3. The Morgan fingerprint density at radius 2 is 1.61 bits per heavy atom. The van der Waals surface area contributed by atoms with Gasteiger partial charge in [-0.1, -0.05) is 63.2 Å². The fourth-order valence-electron chi connectivity index (χ4n) is 2.65. The molecule has 1 aliphatic carbocycles. The summed E-state index contributed by atoms with van der Waals surface area (Å²) in [5.74, 6) is 0. The maximum absolute atomic E-state index is 3.57. The Bertz CT molecular complexity index is 585. The van der Waals surface area contributed by atoms with Gasteiger partial charge < -0.3 is 0 Å². The molecule has 0 saturated carbocycles. The summed E-state index contributed by atoms with van der Waals surface area (Å²) in [7, 11) is 0. The van der Waals surface area contributed by atoms with Crippen LogP contribution in [0.1, 0.15) is 37.5 Å². The molecule has 0 saturated heterocycles. The van der Waals surface area contributed by atoms with E-state index in [-0.39, 0.29) is 0 Å². The van der Waals surface area contributed by atoms with Crippen molar-refractivity contribution >= 4 is 0 Å². The summed E-state index contributed by atoms with van der Waals surface area (Å²) in [6.45, 7) is 6.86. The van der Waals surface area contributed by atoms with Gasteiger partial charge in [0.15, 0.2) is 0 Å². The van der Waals surface area contributed by atoms with E-state index in [1.165, 1.54) is 27.8 Å². The van der Waals surface area contributed by atoms with Gasteiger partial charge in [-0.2, -0.15) is 0 Å². The third-order valence-electron chi connectivity index (χ3n) is 3.35. The van der Waals surface area contributed by atoms with E-state index >= 15 is 0 Å². The van der Waals surface area contributed by atoms with Crippen molar-refractivity contribution in [1.82, 2.24) is 0 Å². The van der Waals surface area contributed by atoms with Gasteiger partial charge in [0.05, 0.1) is 6.42 Å². The molecular weight excluding hydrogens is 216 g/mol. The summed E-state index contributed by atoms with van der Waals surface area (Å²) in [5.41, 5.74) is 6.92. The zero-order chi connectivity index (χ0) is 12.8. The third kappa shape index (κ3) is 1.96. The minimum atomic E-state index is 0.311. The van der Waals surface area contributed by atoms with E-state index in [1.54, 1.807) is 0 Å². The largest absolute Gasteiger partial charge is 0.0619 e. The van der Waals surface area contributed by atoms with Crippen LogP contribution in [0.15, 0.2) is 42.5 Å². The Morgan fingerprint density at radius 1 is 0.889 bits per heavy atom. The smallest absolute Gasteiger partial charge is 0.0517 e. The fourth-order valence-corrected chi connectivity index (χ4v) is 2.65. The highest BCUT2D eigenvalue weighted by Crippen LogP contribution is 2.40. The van der Waals surface area contributed by atoms with Gasteiger partial charge >= 0.3 is 0 Å². The minimum absolute atomic E-state index is 0.311. The maximum Gasteiger partial charge on any atom is 0.0517 e. The molecule has 0 nitrogen and oxygen atoms in total. The molecule has 0 amide bonds. The molecule has 0 fully saturated rings. The van der Waals surface area contributed by atoms with Crippen LogP contribution in [-0.4, -0.2) is 0 Å². The van der Waals surface area contributed by atoms with Gasteiger partial charge in [0.2, 0.25) is 0 Å². The summed E-state index contributed by atoms with van der Waals surface area (Å²) in [6, 6.07) is 15.1. The van der Waals surface area contributed by atoms with E-state index in [0.29, 0.717) is 5.41 Å². The zero-order valence-corrected chi connectivity index (χ0v) is 11.2. The van der Waals surface area contributed by atoms with Gasteiger partial charge in [-0.25, -0.2) is 0 Å². The van der Waals surface area contributed by atoms with Gasteiger partial charge in [0.25, 0.3) is 0 Å². The number of benzene rings is 2. The van der Waals surface area contributed by atoms with Crippen LogP contribution in [-0.2, 0) is 6.42 Å². The molecule has 0 aromatic heterocycles. The molecule has 0 heteroatoms. The Morgan fingerprint density at radius 3 is 2.39 bits per heavy atom. The van der Waals surface area contributed by atoms with E-state index in [4.69, 9.17) is 0 Å². The summed E-state index contributed by atoms with van der Waals surface area (Å²) < 4.78 is 0. The molecule has 0 spiro atoms. The molecule has 2 radical (unpaired) electrons. The van der Waals surface area contributed by atoms with E-state index in [1.807, 2.05) is 0 Å². The first-order valence-corrected chi connectivity index (χ1v) is 6.53. The molecule has 0 bridgehead atoms. The molecule has 0 N–H and O–H groups in total. The van der Waals surface area contributed by atoms with Crippen molar-refractivity contribution in [3.63, 3.8) is 0 Å². The number of hydrogen-bond acceptors (Lipinski definition) is 0. The fraction of sp³-hybridized carbons (Fsp3) is 0.278. The van der Waals surface area contributed by atoms with Crippen LogP contribution in [0.3, 0.4) is 0 Å². The molecule has 2 aromatic carbocycles. The third-order valence-corrected chi connectivity index (χ3v) is 3.35. The molecule has 18 heavy (non-hydrogen) atoms. The first kappa shape index (κ1) is 11.5. The average Bonchev–Trinajstić information content (AvgIpc) is 2.67. The molecule has 2 aromatic rings. The summed E-state index contributed by atoms with van der Waals surface area (Å²) in [6.07, 6.45) is 4.66. The van der Waals surface area contributed by atoms with Crippen molar-refractivity contribution in [1.29, 1.82) is 0 Å². The highest BCUT2D eigenvalue weighted by molar-refractivity contribution is 5.82. The molecule has 0 heterocycles.